The Balaban J connectivity index is 2.02. The molecule has 0 saturated carbocycles. The highest BCUT2D eigenvalue weighted by Gasteiger charge is 2.36. The van der Waals surface area contributed by atoms with Crippen LogP contribution < -0.4 is 14.2 Å². The molecule has 1 heterocycles. The van der Waals surface area contributed by atoms with Gasteiger partial charge in [-0.1, -0.05) is 0 Å². The lowest BCUT2D eigenvalue weighted by molar-refractivity contribution is 0.224. The maximum absolute atomic E-state index is 10.6. The second-order valence-electron chi connectivity index (χ2n) is 6.68. The molecule has 4 rings (SSSR count). The van der Waals surface area contributed by atoms with Crippen molar-refractivity contribution in [2.24, 2.45) is 0 Å². The number of rotatable bonds is 3. The molecule has 0 bridgehead atoms. The van der Waals surface area contributed by atoms with Gasteiger partial charge in [0, 0.05) is 18.2 Å². The first-order valence-corrected chi connectivity index (χ1v) is 8.47. The third kappa shape index (κ3) is 2.26. The van der Waals surface area contributed by atoms with Crippen LogP contribution in [-0.4, -0.2) is 44.9 Å². The molecule has 5 nitrogen and oxygen atoms in total. The molecule has 0 fully saturated rings. The number of methoxy groups -OCH3 is 3. The zero-order valence-electron chi connectivity index (χ0n) is 15.0. The molecule has 1 atom stereocenters. The van der Waals surface area contributed by atoms with E-state index in [1.54, 1.807) is 21.3 Å². The minimum Gasteiger partial charge on any atom is -0.504 e. The van der Waals surface area contributed by atoms with Crippen LogP contribution in [0.15, 0.2) is 18.2 Å². The summed E-state index contributed by atoms with van der Waals surface area (Å²) in [6, 6.07) is 6.30. The Labute approximate surface area is 147 Å². The zero-order valence-corrected chi connectivity index (χ0v) is 15.0. The SMILES string of the molecule is COc1cc2c(cc1OC)-c1cc(OC)c(O)c3c1C(C2)N(C)CC3. The van der Waals surface area contributed by atoms with Crippen LogP contribution in [0.2, 0.25) is 0 Å². The van der Waals surface area contributed by atoms with Crippen molar-refractivity contribution in [3.8, 4) is 34.1 Å². The second kappa shape index (κ2) is 5.85. The van der Waals surface area contributed by atoms with Gasteiger partial charge in [-0.05, 0) is 60.3 Å². The third-order valence-corrected chi connectivity index (χ3v) is 5.52. The number of ether oxygens (including phenoxy) is 3. The lowest BCUT2D eigenvalue weighted by Crippen LogP contribution is -2.35. The molecule has 0 aromatic heterocycles. The number of aromatic hydroxyl groups is 1. The molecule has 0 saturated heterocycles. The average Bonchev–Trinajstić information content (AvgIpc) is 2.64. The molecule has 1 aliphatic heterocycles. The third-order valence-electron chi connectivity index (χ3n) is 5.52. The Hall–Kier alpha value is -2.40. The molecule has 2 aromatic rings. The molecule has 2 aromatic carbocycles. The van der Waals surface area contributed by atoms with Crippen LogP contribution in [0.1, 0.15) is 22.7 Å². The summed E-state index contributed by atoms with van der Waals surface area (Å²) in [4.78, 5) is 2.36. The fourth-order valence-electron chi connectivity index (χ4n) is 4.20. The first-order chi connectivity index (χ1) is 12.1. The molecule has 1 unspecified atom stereocenters. The van der Waals surface area contributed by atoms with Crippen LogP contribution in [0.5, 0.6) is 23.0 Å². The number of fused-ring (bicyclic) bond motifs is 2. The van der Waals surface area contributed by atoms with Gasteiger partial charge in [0.1, 0.15) is 0 Å². The van der Waals surface area contributed by atoms with Crippen molar-refractivity contribution in [1.82, 2.24) is 4.90 Å². The van der Waals surface area contributed by atoms with Crippen LogP contribution in [0, 0.1) is 0 Å². The van der Waals surface area contributed by atoms with Gasteiger partial charge in [0.15, 0.2) is 23.0 Å². The van der Waals surface area contributed by atoms with Gasteiger partial charge in [0.25, 0.3) is 0 Å². The first kappa shape index (κ1) is 16.1. The van der Waals surface area contributed by atoms with Crippen LogP contribution >= 0.6 is 0 Å². The van der Waals surface area contributed by atoms with Crippen LogP contribution in [-0.2, 0) is 12.8 Å². The van der Waals surface area contributed by atoms with Crippen LogP contribution in [0.4, 0.5) is 0 Å². The van der Waals surface area contributed by atoms with E-state index in [1.165, 1.54) is 11.1 Å². The Kier molecular flexibility index (Phi) is 3.76. The van der Waals surface area contributed by atoms with E-state index < -0.39 is 0 Å². The smallest absolute Gasteiger partial charge is 0.161 e. The van der Waals surface area contributed by atoms with Gasteiger partial charge in [0.2, 0.25) is 0 Å². The molecule has 1 N–H and O–H groups in total. The molecule has 0 spiro atoms. The fourth-order valence-corrected chi connectivity index (χ4v) is 4.20. The molecular formula is C20H23NO4. The Morgan fingerprint density at radius 2 is 1.60 bits per heavy atom. The van der Waals surface area contributed by atoms with E-state index in [1.807, 2.05) is 12.1 Å². The molecule has 2 aliphatic rings. The monoisotopic (exact) mass is 341 g/mol. The topological polar surface area (TPSA) is 51.2 Å². The minimum atomic E-state index is 0.251. The van der Waals surface area contributed by atoms with Gasteiger partial charge in [-0.3, -0.25) is 4.90 Å². The summed E-state index contributed by atoms with van der Waals surface area (Å²) in [5, 5.41) is 10.6. The van der Waals surface area contributed by atoms with Gasteiger partial charge >= 0.3 is 0 Å². The average molecular weight is 341 g/mol. The van der Waals surface area contributed by atoms with Crippen LogP contribution in [0.25, 0.3) is 11.1 Å². The maximum Gasteiger partial charge on any atom is 0.161 e. The molecule has 132 valence electrons. The number of hydrogen-bond donors (Lipinski definition) is 1. The van der Waals surface area contributed by atoms with Crippen molar-refractivity contribution in [2.75, 3.05) is 34.9 Å². The molecule has 1 aliphatic carbocycles. The fraction of sp³-hybridized carbons (Fsp3) is 0.400. The van der Waals surface area contributed by atoms with E-state index in [2.05, 4.69) is 18.0 Å². The van der Waals surface area contributed by atoms with Gasteiger partial charge in [-0.25, -0.2) is 0 Å². The highest BCUT2D eigenvalue weighted by Crippen LogP contribution is 2.51. The van der Waals surface area contributed by atoms with E-state index in [9.17, 15) is 5.11 Å². The predicted octanol–water partition coefficient (Wildman–Crippen LogP) is 3.17. The summed E-state index contributed by atoms with van der Waals surface area (Å²) in [7, 11) is 7.05. The number of phenols is 1. The minimum absolute atomic E-state index is 0.251. The number of phenolic OH excluding ortho intramolecular Hbond substituents is 1. The zero-order chi connectivity index (χ0) is 17.7. The van der Waals surface area contributed by atoms with E-state index in [0.29, 0.717) is 11.5 Å². The van der Waals surface area contributed by atoms with Crippen molar-refractivity contribution in [3.63, 3.8) is 0 Å². The summed E-state index contributed by atoms with van der Waals surface area (Å²) in [6.07, 6.45) is 1.71. The Morgan fingerprint density at radius 1 is 0.960 bits per heavy atom. The van der Waals surface area contributed by atoms with Crippen molar-refractivity contribution >= 4 is 0 Å². The van der Waals surface area contributed by atoms with Gasteiger partial charge < -0.3 is 19.3 Å². The molecule has 0 amide bonds. The molecule has 0 radical (unpaired) electrons. The van der Waals surface area contributed by atoms with E-state index >= 15 is 0 Å². The van der Waals surface area contributed by atoms with Crippen molar-refractivity contribution in [3.05, 3.63) is 34.9 Å². The summed E-state index contributed by atoms with van der Waals surface area (Å²) < 4.78 is 16.4. The van der Waals surface area contributed by atoms with Crippen molar-refractivity contribution in [2.45, 2.75) is 18.9 Å². The summed E-state index contributed by atoms with van der Waals surface area (Å²) in [5.41, 5.74) is 5.69. The lowest BCUT2D eigenvalue weighted by Gasteiger charge is -2.40. The molecule has 25 heavy (non-hydrogen) atoms. The summed E-state index contributed by atoms with van der Waals surface area (Å²) in [5.74, 6) is 2.27. The second-order valence-corrected chi connectivity index (χ2v) is 6.68. The number of nitrogens with zero attached hydrogens (tertiary/aromatic N) is 1. The normalized spacial score (nSPS) is 18.3. The van der Waals surface area contributed by atoms with E-state index in [-0.39, 0.29) is 11.8 Å². The highest BCUT2D eigenvalue weighted by molar-refractivity contribution is 5.81. The van der Waals surface area contributed by atoms with Gasteiger partial charge in [0.05, 0.1) is 21.3 Å². The van der Waals surface area contributed by atoms with Gasteiger partial charge in [-0.15, -0.1) is 0 Å². The predicted molar refractivity (Wildman–Crippen MR) is 96.0 cm³/mol. The summed E-state index contributed by atoms with van der Waals surface area (Å²) >= 11 is 0. The number of benzene rings is 2. The van der Waals surface area contributed by atoms with E-state index in [0.717, 1.165) is 41.8 Å². The molecular weight excluding hydrogens is 318 g/mol. The maximum atomic E-state index is 10.6. The number of hydrogen-bond acceptors (Lipinski definition) is 5. The van der Waals surface area contributed by atoms with Crippen molar-refractivity contribution < 1.29 is 19.3 Å². The van der Waals surface area contributed by atoms with Gasteiger partial charge in [-0.2, -0.15) is 0 Å². The number of likely N-dealkylation sites (N-methyl/N-ethyl adjacent to an activating group) is 1. The molecule has 5 heteroatoms. The highest BCUT2D eigenvalue weighted by atomic mass is 16.5. The quantitative estimate of drug-likeness (QED) is 0.929. The standard InChI is InChI=1S/C20H23NO4/c1-21-6-5-12-19-14(10-18(25-4)20(12)22)13-9-17(24-3)16(23-2)8-11(13)7-15(19)21/h8-10,15,22H,5-7H2,1-4H3. The Bertz CT molecular complexity index is 846. The largest absolute Gasteiger partial charge is 0.504 e. The van der Waals surface area contributed by atoms with Crippen LogP contribution in [0.3, 0.4) is 0 Å². The first-order valence-electron chi connectivity index (χ1n) is 8.47. The van der Waals surface area contributed by atoms with E-state index in [4.69, 9.17) is 14.2 Å². The Morgan fingerprint density at radius 3 is 2.28 bits per heavy atom. The summed E-state index contributed by atoms with van der Waals surface area (Å²) in [6.45, 7) is 0.917. The van der Waals surface area contributed by atoms with Crippen molar-refractivity contribution in [1.29, 1.82) is 0 Å². The lowest BCUT2D eigenvalue weighted by atomic mass is 9.76.